The summed E-state index contributed by atoms with van der Waals surface area (Å²) >= 11 is 0. The molecule has 55 heavy (non-hydrogen) atoms. The number of hydrogen-bond donors (Lipinski definition) is 0. The smallest absolute Gasteiger partial charge is 0.143 e. The molecule has 0 amide bonds. The molecular formula is C53H32O2. The standard InChI is InChI=1S/C53H32O2/c1-2-11-40-36(10-1)28-30-43-51-39(14-9-19-49(51)55-52(40)43)37-26-24-34(25-27-37)33-20-22-35(23-21-33)38-29-31-47-50(32-38)54-48-18-8-7-17-46(48)53(47)44-15-5-3-12-41(44)42-13-4-6-16-45(42)53/h1-32H. The first-order chi connectivity index (χ1) is 27.3. The zero-order valence-corrected chi connectivity index (χ0v) is 29.8. The van der Waals surface area contributed by atoms with Crippen molar-refractivity contribution in [2.24, 2.45) is 0 Å². The Morgan fingerprint density at radius 2 is 0.909 bits per heavy atom. The number of para-hydroxylation sites is 1. The number of fused-ring (bicyclic) bond motifs is 14. The van der Waals surface area contributed by atoms with Gasteiger partial charge in [0.25, 0.3) is 0 Å². The van der Waals surface area contributed by atoms with Crippen LogP contribution in [-0.2, 0) is 5.41 Å². The Labute approximate surface area is 318 Å². The highest BCUT2D eigenvalue weighted by atomic mass is 16.5. The fourth-order valence-electron chi connectivity index (χ4n) is 9.53. The molecule has 0 fully saturated rings. The zero-order valence-electron chi connectivity index (χ0n) is 29.8. The van der Waals surface area contributed by atoms with Crippen molar-refractivity contribution in [3.8, 4) is 56.0 Å². The maximum Gasteiger partial charge on any atom is 0.143 e. The minimum atomic E-state index is -0.448. The van der Waals surface area contributed by atoms with E-state index in [1.54, 1.807) is 0 Å². The van der Waals surface area contributed by atoms with E-state index >= 15 is 0 Å². The van der Waals surface area contributed by atoms with Crippen LogP contribution in [0.25, 0.3) is 77.2 Å². The molecular weight excluding hydrogens is 669 g/mol. The molecule has 0 saturated heterocycles. The Hall–Kier alpha value is -7.16. The fourth-order valence-corrected chi connectivity index (χ4v) is 9.53. The van der Waals surface area contributed by atoms with Crippen molar-refractivity contribution < 1.29 is 9.15 Å². The second-order valence-corrected chi connectivity index (χ2v) is 14.7. The Kier molecular flexibility index (Phi) is 6.29. The van der Waals surface area contributed by atoms with Gasteiger partial charge >= 0.3 is 0 Å². The predicted molar refractivity (Wildman–Crippen MR) is 225 cm³/mol. The van der Waals surface area contributed by atoms with E-state index in [1.807, 2.05) is 0 Å². The van der Waals surface area contributed by atoms with Crippen molar-refractivity contribution in [2.75, 3.05) is 0 Å². The van der Waals surface area contributed by atoms with Gasteiger partial charge in [-0.3, -0.25) is 0 Å². The van der Waals surface area contributed by atoms with Gasteiger partial charge in [0, 0.05) is 27.3 Å². The van der Waals surface area contributed by atoms with Crippen molar-refractivity contribution in [1.29, 1.82) is 0 Å². The van der Waals surface area contributed by atoms with E-state index in [1.165, 1.54) is 61.0 Å². The maximum atomic E-state index is 6.76. The third-order valence-electron chi connectivity index (χ3n) is 12.0. The van der Waals surface area contributed by atoms with Gasteiger partial charge in [-0.25, -0.2) is 0 Å². The lowest BCUT2D eigenvalue weighted by molar-refractivity contribution is 0.436. The van der Waals surface area contributed by atoms with Crippen LogP contribution in [0.15, 0.2) is 199 Å². The maximum absolute atomic E-state index is 6.76. The topological polar surface area (TPSA) is 22.4 Å². The van der Waals surface area contributed by atoms with Crippen LogP contribution in [0.4, 0.5) is 0 Å². The highest BCUT2D eigenvalue weighted by Gasteiger charge is 2.50. The second-order valence-electron chi connectivity index (χ2n) is 14.7. The molecule has 2 heterocycles. The van der Waals surface area contributed by atoms with E-state index in [-0.39, 0.29) is 0 Å². The average molecular weight is 701 g/mol. The van der Waals surface area contributed by atoms with Crippen LogP contribution in [0, 0.1) is 0 Å². The van der Waals surface area contributed by atoms with Crippen LogP contribution in [-0.4, -0.2) is 0 Å². The van der Waals surface area contributed by atoms with Crippen molar-refractivity contribution in [3.05, 3.63) is 216 Å². The first kappa shape index (κ1) is 30.3. The lowest BCUT2D eigenvalue weighted by Crippen LogP contribution is -2.32. The van der Waals surface area contributed by atoms with Crippen molar-refractivity contribution >= 4 is 32.7 Å². The average Bonchev–Trinajstić information content (AvgIpc) is 3.79. The largest absolute Gasteiger partial charge is 0.457 e. The molecule has 1 aromatic heterocycles. The molecule has 2 nitrogen and oxygen atoms in total. The molecule has 0 atom stereocenters. The Morgan fingerprint density at radius 3 is 1.65 bits per heavy atom. The quantitative estimate of drug-likeness (QED) is 0.183. The molecule has 0 unspecified atom stereocenters. The molecule has 9 aromatic carbocycles. The van der Waals surface area contributed by atoms with E-state index in [0.29, 0.717) is 0 Å². The van der Waals surface area contributed by atoms with Crippen LogP contribution >= 0.6 is 0 Å². The first-order valence-electron chi connectivity index (χ1n) is 18.9. The number of rotatable bonds is 3. The van der Waals surface area contributed by atoms with Crippen LogP contribution in [0.2, 0.25) is 0 Å². The minimum absolute atomic E-state index is 0.448. The van der Waals surface area contributed by atoms with Crippen molar-refractivity contribution in [1.82, 2.24) is 0 Å². The lowest BCUT2D eigenvalue weighted by atomic mass is 9.66. The Bertz CT molecular complexity index is 3120. The minimum Gasteiger partial charge on any atom is -0.457 e. The summed E-state index contributed by atoms with van der Waals surface area (Å²) in [4.78, 5) is 0. The van der Waals surface area contributed by atoms with E-state index in [2.05, 4.69) is 194 Å². The summed E-state index contributed by atoms with van der Waals surface area (Å²) in [5.74, 6) is 1.80. The summed E-state index contributed by atoms with van der Waals surface area (Å²) in [5, 5.41) is 4.63. The summed E-state index contributed by atoms with van der Waals surface area (Å²) in [6.45, 7) is 0. The Balaban J connectivity index is 0.899. The van der Waals surface area contributed by atoms with Gasteiger partial charge in [0.05, 0.1) is 5.41 Å². The molecule has 0 radical (unpaired) electrons. The second kappa shape index (κ2) is 11.4. The van der Waals surface area contributed by atoms with Crippen molar-refractivity contribution in [2.45, 2.75) is 5.41 Å². The zero-order chi connectivity index (χ0) is 36.1. The first-order valence-corrected chi connectivity index (χ1v) is 18.9. The summed E-state index contributed by atoms with van der Waals surface area (Å²) < 4.78 is 13.2. The highest BCUT2D eigenvalue weighted by molar-refractivity contribution is 6.19. The molecule has 0 N–H and O–H groups in total. The molecule has 0 bridgehead atoms. The highest BCUT2D eigenvalue weighted by Crippen LogP contribution is 2.62. The number of hydrogen-bond acceptors (Lipinski definition) is 2. The molecule has 1 aliphatic heterocycles. The third-order valence-corrected chi connectivity index (χ3v) is 12.0. The SMILES string of the molecule is c1ccc2c(c1)Oc1cc(-c3ccc(-c4ccc(-c5cccc6oc7c8ccccc8ccc7c56)cc4)cc3)ccc1C21c2ccccc2-c2ccccc21. The van der Waals surface area contributed by atoms with Crippen LogP contribution in [0.3, 0.4) is 0 Å². The van der Waals surface area contributed by atoms with Crippen LogP contribution in [0.1, 0.15) is 22.3 Å². The van der Waals surface area contributed by atoms with Gasteiger partial charge in [-0.05, 0) is 85.3 Å². The van der Waals surface area contributed by atoms with Gasteiger partial charge in [-0.15, -0.1) is 0 Å². The van der Waals surface area contributed by atoms with Crippen LogP contribution in [0.5, 0.6) is 11.5 Å². The van der Waals surface area contributed by atoms with Gasteiger partial charge in [0.1, 0.15) is 22.7 Å². The molecule has 1 spiro atoms. The molecule has 2 heteroatoms. The molecule has 12 rings (SSSR count). The third kappa shape index (κ3) is 4.25. The lowest BCUT2D eigenvalue weighted by Gasteiger charge is -2.39. The summed E-state index contributed by atoms with van der Waals surface area (Å²) in [5.41, 5.74) is 15.9. The van der Waals surface area contributed by atoms with Gasteiger partial charge in [-0.1, -0.05) is 170 Å². The number of benzene rings is 9. The fraction of sp³-hybridized carbons (Fsp3) is 0.0189. The molecule has 1 aliphatic carbocycles. The summed E-state index contributed by atoms with van der Waals surface area (Å²) in [6.07, 6.45) is 0. The molecule has 2 aliphatic rings. The van der Waals surface area contributed by atoms with Gasteiger partial charge in [0.15, 0.2) is 0 Å². The predicted octanol–water partition coefficient (Wildman–Crippen LogP) is 14.2. The number of furan rings is 1. The normalized spacial score (nSPS) is 13.4. The van der Waals surface area contributed by atoms with E-state index in [0.717, 1.165) is 50.0 Å². The van der Waals surface area contributed by atoms with Gasteiger partial charge < -0.3 is 9.15 Å². The number of ether oxygens (including phenoxy) is 1. The molecule has 256 valence electrons. The van der Waals surface area contributed by atoms with Crippen LogP contribution < -0.4 is 4.74 Å². The summed E-state index contributed by atoms with van der Waals surface area (Å²) in [6, 6.07) is 70.0. The molecule has 10 aromatic rings. The van der Waals surface area contributed by atoms with Gasteiger partial charge in [0.2, 0.25) is 0 Å². The van der Waals surface area contributed by atoms with Crippen molar-refractivity contribution in [3.63, 3.8) is 0 Å². The monoisotopic (exact) mass is 700 g/mol. The van der Waals surface area contributed by atoms with Gasteiger partial charge in [-0.2, -0.15) is 0 Å². The Morgan fingerprint density at radius 1 is 0.345 bits per heavy atom. The van der Waals surface area contributed by atoms with E-state index < -0.39 is 5.41 Å². The van der Waals surface area contributed by atoms with E-state index in [4.69, 9.17) is 9.15 Å². The summed E-state index contributed by atoms with van der Waals surface area (Å²) in [7, 11) is 0. The van der Waals surface area contributed by atoms with E-state index in [9.17, 15) is 0 Å². The molecule has 0 saturated carbocycles.